The molecule has 2 amide bonds. The van der Waals surface area contributed by atoms with Crippen molar-refractivity contribution in [1.29, 1.82) is 0 Å². The lowest BCUT2D eigenvalue weighted by molar-refractivity contribution is -0.133. The number of fused-ring (bicyclic) bond motifs is 1. The molecule has 2 aromatic carbocycles. The second kappa shape index (κ2) is 13.8. The van der Waals surface area contributed by atoms with Crippen molar-refractivity contribution >= 4 is 22.8 Å². The van der Waals surface area contributed by atoms with Gasteiger partial charge in [0.15, 0.2) is 0 Å². The molecule has 6 heteroatoms. The molecule has 0 atom stereocenters. The van der Waals surface area contributed by atoms with Crippen LogP contribution >= 0.6 is 0 Å². The monoisotopic (exact) mass is 490 g/mol. The van der Waals surface area contributed by atoms with Crippen LogP contribution in [-0.4, -0.2) is 45.9 Å². The summed E-state index contributed by atoms with van der Waals surface area (Å²) in [5.41, 5.74) is 2.99. The lowest BCUT2D eigenvalue weighted by atomic mass is 10.1. The van der Waals surface area contributed by atoms with Gasteiger partial charge in [-0.25, -0.2) is 4.98 Å². The largest absolute Gasteiger partial charge is 0.356 e. The van der Waals surface area contributed by atoms with Gasteiger partial charge >= 0.3 is 0 Å². The minimum Gasteiger partial charge on any atom is -0.356 e. The van der Waals surface area contributed by atoms with E-state index >= 15 is 0 Å². The number of aryl methyl sites for hydroxylation is 1. The van der Waals surface area contributed by atoms with Gasteiger partial charge < -0.3 is 14.8 Å². The summed E-state index contributed by atoms with van der Waals surface area (Å²) >= 11 is 0. The number of imidazole rings is 1. The molecule has 1 heterocycles. The zero-order chi connectivity index (χ0) is 25.9. The highest BCUT2D eigenvalue weighted by Crippen LogP contribution is 2.19. The normalized spacial score (nSPS) is 11.4. The molecule has 6 nitrogen and oxygen atoms in total. The van der Waals surface area contributed by atoms with Crippen LogP contribution in [0.25, 0.3) is 11.0 Å². The molecule has 0 bridgehead atoms. The van der Waals surface area contributed by atoms with Crippen LogP contribution in [0.5, 0.6) is 0 Å². The van der Waals surface area contributed by atoms with Crippen LogP contribution in [0.15, 0.2) is 54.6 Å². The van der Waals surface area contributed by atoms with E-state index < -0.39 is 0 Å². The fourth-order valence-corrected chi connectivity index (χ4v) is 4.54. The molecule has 1 N–H and O–H groups in total. The molecule has 194 valence electrons. The first kappa shape index (κ1) is 27.4. The number of unbranched alkanes of at least 4 members (excludes halogenated alkanes) is 2. The van der Waals surface area contributed by atoms with Gasteiger partial charge in [0.05, 0.1) is 17.5 Å². The van der Waals surface area contributed by atoms with Crippen molar-refractivity contribution in [3.63, 3.8) is 0 Å². The van der Waals surface area contributed by atoms with Gasteiger partial charge in [-0.3, -0.25) is 9.59 Å². The number of hydrogen-bond donors (Lipinski definition) is 1. The number of nitrogens with zero attached hydrogens (tertiary/aromatic N) is 3. The van der Waals surface area contributed by atoms with Crippen LogP contribution in [0.3, 0.4) is 0 Å². The molecular formula is C30H42N4O2. The molecule has 0 spiro atoms. The van der Waals surface area contributed by atoms with Crippen LogP contribution in [0.1, 0.15) is 58.3 Å². The van der Waals surface area contributed by atoms with Crippen LogP contribution in [0, 0.1) is 11.8 Å². The molecule has 1 aromatic heterocycles. The molecule has 36 heavy (non-hydrogen) atoms. The van der Waals surface area contributed by atoms with E-state index in [0.29, 0.717) is 31.3 Å². The standard InChI is InChI=1S/C30H42N4O2/c1-23(2)20-33(21-24(3)4)30(36)22-34-27-16-11-10-15-26(27)32-28(34)17-9-6-12-18-31-29(35)19-25-13-7-5-8-14-25/h5,7-8,10-11,13-16,23-24H,6,9,12,17-22H2,1-4H3,(H,31,35). The van der Waals surface area contributed by atoms with Gasteiger partial charge in [-0.05, 0) is 42.4 Å². The first-order chi connectivity index (χ1) is 17.3. The number of benzene rings is 2. The molecule has 0 aliphatic carbocycles. The summed E-state index contributed by atoms with van der Waals surface area (Å²) < 4.78 is 2.10. The molecule has 0 radical (unpaired) electrons. The lowest BCUT2D eigenvalue weighted by Crippen LogP contribution is -2.39. The summed E-state index contributed by atoms with van der Waals surface area (Å²) in [7, 11) is 0. The number of carbonyl (C=O) groups excluding carboxylic acids is 2. The highest BCUT2D eigenvalue weighted by atomic mass is 16.2. The molecule has 0 aliphatic rings. The predicted molar refractivity (Wildman–Crippen MR) is 147 cm³/mol. The molecule has 0 fully saturated rings. The maximum Gasteiger partial charge on any atom is 0.242 e. The van der Waals surface area contributed by atoms with Gasteiger partial charge in [0.25, 0.3) is 0 Å². The molecule has 0 aliphatic heterocycles. The number of amides is 2. The number of rotatable bonds is 14. The highest BCUT2D eigenvalue weighted by molar-refractivity contribution is 5.81. The minimum atomic E-state index is 0.0638. The van der Waals surface area contributed by atoms with Crippen molar-refractivity contribution in [1.82, 2.24) is 19.8 Å². The molecule has 3 rings (SSSR count). The Kier molecular flexibility index (Phi) is 10.5. The fraction of sp³-hybridized carbons (Fsp3) is 0.500. The van der Waals surface area contributed by atoms with Gasteiger partial charge in [-0.15, -0.1) is 0 Å². The quantitative estimate of drug-likeness (QED) is 0.314. The third kappa shape index (κ3) is 8.51. The summed E-state index contributed by atoms with van der Waals surface area (Å²) in [4.78, 5) is 32.3. The molecule has 0 saturated carbocycles. The smallest absolute Gasteiger partial charge is 0.242 e. The van der Waals surface area contributed by atoms with Crippen LogP contribution in [-0.2, 0) is 29.0 Å². The number of carbonyl (C=O) groups is 2. The Labute approximate surface area is 216 Å². The van der Waals surface area contributed by atoms with E-state index in [-0.39, 0.29) is 11.8 Å². The summed E-state index contributed by atoms with van der Waals surface area (Å²) in [6.07, 6.45) is 4.12. The maximum absolute atomic E-state index is 13.3. The third-order valence-electron chi connectivity index (χ3n) is 6.16. The van der Waals surface area contributed by atoms with E-state index in [2.05, 4.69) is 43.6 Å². The summed E-state index contributed by atoms with van der Waals surface area (Å²) in [6, 6.07) is 17.9. The Hall–Kier alpha value is -3.15. The summed E-state index contributed by atoms with van der Waals surface area (Å²) in [6.45, 7) is 11.2. The number of aromatic nitrogens is 2. The van der Waals surface area contributed by atoms with Crippen LogP contribution < -0.4 is 5.32 Å². The molecule has 0 saturated heterocycles. The van der Waals surface area contributed by atoms with Crippen molar-refractivity contribution in [3.8, 4) is 0 Å². The zero-order valence-electron chi connectivity index (χ0n) is 22.4. The molecule has 3 aromatic rings. The van der Waals surface area contributed by atoms with E-state index in [4.69, 9.17) is 4.98 Å². The van der Waals surface area contributed by atoms with Crippen molar-refractivity contribution in [2.45, 2.75) is 66.3 Å². The number of hydrogen-bond acceptors (Lipinski definition) is 3. The van der Waals surface area contributed by atoms with Crippen molar-refractivity contribution in [2.75, 3.05) is 19.6 Å². The van der Waals surface area contributed by atoms with Gasteiger partial charge in [0.2, 0.25) is 11.8 Å². The minimum absolute atomic E-state index is 0.0638. The Morgan fingerprint density at radius 1 is 0.889 bits per heavy atom. The highest BCUT2D eigenvalue weighted by Gasteiger charge is 2.20. The average Bonchev–Trinajstić information content (AvgIpc) is 3.18. The first-order valence-electron chi connectivity index (χ1n) is 13.4. The van der Waals surface area contributed by atoms with E-state index in [1.54, 1.807) is 0 Å². The van der Waals surface area contributed by atoms with Crippen LogP contribution in [0.4, 0.5) is 0 Å². The molecular weight excluding hydrogens is 448 g/mol. The van der Waals surface area contributed by atoms with E-state index in [0.717, 1.165) is 61.2 Å². The zero-order valence-corrected chi connectivity index (χ0v) is 22.4. The van der Waals surface area contributed by atoms with Gasteiger partial charge in [0, 0.05) is 26.1 Å². The van der Waals surface area contributed by atoms with E-state index in [9.17, 15) is 9.59 Å². The number of para-hydroxylation sites is 2. The van der Waals surface area contributed by atoms with Gasteiger partial charge in [-0.1, -0.05) is 76.6 Å². The first-order valence-corrected chi connectivity index (χ1v) is 13.4. The third-order valence-corrected chi connectivity index (χ3v) is 6.16. The van der Waals surface area contributed by atoms with Crippen LogP contribution in [0.2, 0.25) is 0 Å². The van der Waals surface area contributed by atoms with Gasteiger partial charge in [-0.2, -0.15) is 0 Å². The Morgan fingerprint density at radius 3 is 2.25 bits per heavy atom. The van der Waals surface area contributed by atoms with Crippen molar-refractivity contribution in [2.24, 2.45) is 11.8 Å². The summed E-state index contributed by atoms with van der Waals surface area (Å²) in [5, 5.41) is 3.02. The number of nitrogens with one attached hydrogen (secondary N) is 1. The Morgan fingerprint density at radius 2 is 1.56 bits per heavy atom. The predicted octanol–water partition coefficient (Wildman–Crippen LogP) is 5.25. The SMILES string of the molecule is CC(C)CN(CC(C)C)C(=O)Cn1c(CCCCCNC(=O)Cc2ccccc2)nc2ccccc21. The maximum atomic E-state index is 13.3. The summed E-state index contributed by atoms with van der Waals surface area (Å²) in [5.74, 6) is 2.04. The van der Waals surface area contributed by atoms with Crippen molar-refractivity contribution < 1.29 is 9.59 Å². The lowest BCUT2D eigenvalue weighted by Gasteiger charge is -2.27. The van der Waals surface area contributed by atoms with E-state index in [1.165, 1.54) is 0 Å². The Bertz CT molecular complexity index is 1090. The van der Waals surface area contributed by atoms with Gasteiger partial charge in [0.1, 0.15) is 12.4 Å². The second-order valence-corrected chi connectivity index (χ2v) is 10.5. The second-order valence-electron chi connectivity index (χ2n) is 10.5. The van der Waals surface area contributed by atoms with E-state index in [1.807, 2.05) is 53.4 Å². The topological polar surface area (TPSA) is 67.2 Å². The van der Waals surface area contributed by atoms with Crippen molar-refractivity contribution in [3.05, 3.63) is 66.0 Å². The average molecular weight is 491 g/mol. The Balaban J connectivity index is 1.54. The fourth-order valence-electron chi connectivity index (χ4n) is 4.54. The molecule has 0 unspecified atom stereocenters.